The third kappa shape index (κ3) is 5.16. The van der Waals surface area contributed by atoms with Crippen LogP contribution in [0.3, 0.4) is 0 Å². The second kappa shape index (κ2) is 9.40. The summed E-state index contributed by atoms with van der Waals surface area (Å²) >= 11 is 5.80. The van der Waals surface area contributed by atoms with Gasteiger partial charge in [-0.15, -0.1) is 0 Å². The minimum absolute atomic E-state index is 0.0273. The number of nitrogens with zero attached hydrogens (tertiary/aromatic N) is 2. The maximum absolute atomic E-state index is 14.4. The summed E-state index contributed by atoms with van der Waals surface area (Å²) in [7, 11) is 0. The van der Waals surface area contributed by atoms with Crippen molar-refractivity contribution in [2.45, 2.75) is 6.54 Å². The summed E-state index contributed by atoms with van der Waals surface area (Å²) in [6.07, 6.45) is -1.01. The molecule has 0 fully saturated rings. The molecule has 0 bridgehead atoms. The van der Waals surface area contributed by atoms with Crippen molar-refractivity contribution in [2.75, 3.05) is 4.90 Å². The Hall–Kier alpha value is -4.05. The van der Waals surface area contributed by atoms with Crippen LogP contribution in [0.5, 0.6) is 5.75 Å². The highest BCUT2D eigenvalue weighted by atomic mass is 35.5. The van der Waals surface area contributed by atoms with Gasteiger partial charge in [-0.25, -0.2) is 18.4 Å². The van der Waals surface area contributed by atoms with E-state index in [1.165, 1.54) is 24.3 Å². The predicted octanol–water partition coefficient (Wildman–Crippen LogP) is 5.43. The number of carbonyl (C=O) groups is 2. The minimum atomic E-state index is -1.32. The zero-order valence-electron chi connectivity index (χ0n) is 16.0. The first kappa shape index (κ1) is 22.6. The number of rotatable bonds is 6. The van der Waals surface area contributed by atoms with E-state index in [4.69, 9.17) is 21.4 Å². The van der Waals surface area contributed by atoms with Gasteiger partial charge in [0.25, 0.3) is 5.69 Å². The summed E-state index contributed by atoms with van der Waals surface area (Å²) in [6.45, 7) is -0.403. The van der Waals surface area contributed by atoms with E-state index >= 15 is 0 Å². The fraction of sp³-hybridized carbons (Fsp3) is 0.0476. The van der Waals surface area contributed by atoms with Crippen LogP contribution in [0.25, 0.3) is 0 Å². The third-order valence-corrected chi connectivity index (χ3v) is 4.61. The molecule has 1 amide bonds. The molecule has 0 atom stereocenters. The van der Waals surface area contributed by atoms with Gasteiger partial charge in [-0.3, -0.25) is 15.0 Å². The van der Waals surface area contributed by atoms with Gasteiger partial charge in [-0.05, 0) is 42.5 Å². The number of ether oxygens (including phenoxy) is 1. The number of halogens is 3. The number of nitro groups is 1. The number of amides is 1. The lowest BCUT2D eigenvalue weighted by atomic mass is 10.1. The lowest BCUT2D eigenvalue weighted by Crippen LogP contribution is -2.33. The molecule has 0 saturated heterocycles. The molecule has 0 spiro atoms. The number of hydrogen-bond donors (Lipinski definition) is 1. The Morgan fingerprint density at radius 2 is 1.72 bits per heavy atom. The molecule has 0 heterocycles. The number of carboxylic acids is 1. The summed E-state index contributed by atoms with van der Waals surface area (Å²) in [5.74, 6) is -2.97. The number of hydrogen-bond acceptors (Lipinski definition) is 5. The molecule has 3 aromatic rings. The molecule has 11 heteroatoms. The van der Waals surface area contributed by atoms with Crippen molar-refractivity contribution in [3.8, 4) is 5.75 Å². The van der Waals surface area contributed by atoms with Gasteiger partial charge in [0.1, 0.15) is 17.4 Å². The van der Waals surface area contributed by atoms with Crippen molar-refractivity contribution in [1.29, 1.82) is 0 Å². The average Bonchev–Trinajstić information content (AvgIpc) is 2.75. The molecular formula is C21H13ClF2N2O6. The molecule has 0 saturated carbocycles. The largest absolute Gasteiger partial charge is 0.478 e. The van der Waals surface area contributed by atoms with E-state index in [0.717, 1.165) is 41.3 Å². The quantitative estimate of drug-likeness (QED) is 0.386. The summed E-state index contributed by atoms with van der Waals surface area (Å²) < 4.78 is 33.3. The highest BCUT2D eigenvalue weighted by Crippen LogP contribution is 2.27. The molecule has 0 aliphatic carbocycles. The Bertz CT molecular complexity index is 1200. The van der Waals surface area contributed by atoms with Crippen molar-refractivity contribution in [2.24, 2.45) is 0 Å². The van der Waals surface area contributed by atoms with Gasteiger partial charge in [0, 0.05) is 23.4 Å². The monoisotopic (exact) mass is 462 g/mol. The topological polar surface area (TPSA) is 110 Å². The van der Waals surface area contributed by atoms with Crippen LogP contribution in [-0.4, -0.2) is 22.1 Å². The molecule has 0 aromatic heterocycles. The number of anilines is 1. The summed E-state index contributed by atoms with van der Waals surface area (Å²) in [5.41, 5.74) is -0.468. The average molecular weight is 463 g/mol. The molecule has 0 aliphatic rings. The summed E-state index contributed by atoms with van der Waals surface area (Å²) in [6, 6.07) is 11.2. The molecule has 164 valence electrons. The van der Waals surface area contributed by atoms with E-state index in [1.54, 1.807) is 0 Å². The van der Waals surface area contributed by atoms with Crippen LogP contribution in [0.1, 0.15) is 15.9 Å². The van der Waals surface area contributed by atoms with Crippen LogP contribution in [0, 0.1) is 21.7 Å². The first-order chi connectivity index (χ1) is 15.2. The molecule has 0 radical (unpaired) electrons. The second-order valence-electron chi connectivity index (χ2n) is 6.41. The van der Waals surface area contributed by atoms with Crippen molar-refractivity contribution in [1.82, 2.24) is 0 Å². The number of nitro benzene ring substituents is 1. The number of carbonyl (C=O) groups excluding carboxylic acids is 1. The Morgan fingerprint density at radius 1 is 1.03 bits per heavy atom. The summed E-state index contributed by atoms with van der Waals surface area (Å²) in [4.78, 5) is 34.9. The number of benzene rings is 3. The van der Waals surface area contributed by atoms with E-state index in [-0.39, 0.29) is 33.3 Å². The van der Waals surface area contributed by atoms with Crippen LogP contribution in [0.2, 0.25) is 5.02 Å². The lowest BCUT2D eigenvalue weighted by Gasteiger charge is -2.23. The zero-order valence-corrected chi connectivity index (χ0v) is 16.8. The zero-order chi connectivity index (χ0) is 23.4. The third-order valence-electron chi connectivity index (χ3n) is 4.32. The molecule has 8 nitrogen and oxygen atoms in total. The molecule has 32 heavy (non-hydrogen) atoms. The van der Waals surface area contributed by atoms with Crippen molar-refractivity contribution in [3.63, 3.8) is 0 Å². The number of non-ortho nitro benzene ring substituents is 1. The summed E-state index contributed by atoms with van der Waals surface area (Å²) in [5, 5.41) is 19.4. The predicted molar refractivity (Wildman–Crippen MR) is 110 cm³/mol. The first-order valence-corrected chi connectivity index (χ1v) is 9.24. The van der Waals surface area contributed by atoms with E-state index in [0.29, 0.717) is 0 Å². The van der Waals surface area contributed by atoms with Gasteiger partial charge in [-0.2, -0.15) is 0 Å². The van der Waals surface area contributed by atoms with Gasteiger partial charge >= 0.3 is 12.1 Å². The van der Waals surface area contributed by atoms with Crippen LogP contribution in [-0.2, 0) is 6.54 Å². The molecule has 3 aromatic carbocycles. The highest BCUT2D eigenvalue weighted by molar-refractivity contribution is 6.31. The normalized spacial score (nSPS) is 10.5. The van der Waals surface area contributed by atoms with Crippen LogP contribution in [0.4, 0.5) is 25.0 Å². The highest BCUT2D eigenvalue weighted by Gasteiger charge is 2.22. The maximum Gasteiger partial charge on any atom is 0.420 e. The number of aromatic carboxylic acids is 1. The van der Waals surface area contributed by atoms with E-state index in [9.17, 15) is 28.5 Å². The maximum atomic E-state index is 14.4. The molecular weight excluding hydrogens is 450 g/mol. The lowest BCUT2D eigenvalue weighted by molar-refractivity contribution is -0.384. The number of carboxylic acid groups (broad SMARTS) is 1. The van der Waals surface area contributed by atoms with Crippen molar-refractivity contribution >= 4 is 35.0 Å². The van der Waals surface area contributed by atoms with Gasteiger partial charge in [-0.1, -0.05) is 17.7 Å². The Labute approximate surface area is 184 Å². The van der Waals surface area contributed by atoms with Crippen LogP contribution < -0.4 is 9.64 Å². The van der Waals surface area contributed by atoms with Gasteiger partial charge in [0.15, 0.2) is 0 Å². The van der Waals surface area contributed by atoms with Gasteiger partial charge in [0.2, 0.25) is 0 Å². The minimum Gasteiger partial charge on any atom is -0.478 e. The van der Waals surface area contributed by atoms with Crippen LogP contribution in [0.15, 0.2) is 60.7 Å². The van der Waals surface area contributed by atoms with E-state index in [1.807, 2.05) is 0 Å². The standard InChI is InChI=1S/C21H13ClF2N2O6/c22-17-10-15(5-8-18(17)23)25(11-13-2-1-12(20(27)28)9-19(13)24)21(29)32-16-6-3-14(4-7-16)26(30)31/h1-10H,11H2,(H,27,28). The molecule has 1 N–H and O–H groups in total. The molecule has 0 unspecified atom stereocenters. The molecule has 0 aliphatic heterocycles. The van der Waals surface area contributed by atoms with Gasteiger partial charge < -0.3 is 9.84 Å². The Kier molecular flexibility index (Phi) is 6.64. The second-order valence-corrected chi connectivity index (χ2v) is 6.82. The van der Waals surface area contributed by atoms with Crippen molar-refractivity contribution in [3.05, 3.63) is 98.6 Å². The fourth-order valence-electron chi connectivity index (χ4n) is 2.68. The first-order valence-electron chi connectivity index (χ1n) is 8.86. The van der Waals surface area contributed by atoms with E-state index < -0.39 is 35.2 Å². The molecule has 3 rings (SSSR count). The van der Waals surface area contributed by atoms with Crippen LogP contribution >= 0.6 is 11.6 Å². The Morgan fingerprint density at radius 3 is 2.28 bits per heavy atom. The van der Waals surface area contributed by atoms with E-state index in [2.05, 4.69) is 0 Å². The SMILES string of the molecule is O=C(O)c1ccc(CN(C(=O)Oc2ccc([N+](=O)[O-])cc2)c2ccc(F)c(Cl)c2)c(F)c1. The van der Waals surface area contributed by atoms with Crippen molar-refractivity contribution < 1.29 is 33.1 Å². The Balaban J connectivity index is 1.93. The fourth-order valence-corrected chi connectivity index (χ4v) is 2.86. The smallest absolute Gasteiger partial charge is 0.420 e. The van der Waals surface area contributed by atoms with Gasteiger partial charge in [0.05, 0.1) is 22.1 Å².